The zero-order valence-electron chi connectivity index (χ0n) is 21.4. The van der Waals surface area contributed by atoms with E-state index in [-0.39, 0.29) is 22.7 Å². The molecule has 3 heterocycles. The summed E-state index contributed by atoms with van der Waals surface area (Å²) < 4.78 is 40.2. The molecule has 1 aliphatic rings. The van der Waals surface area contributed by atoms with Crippen LogP contribution in [0, 0.1) is 12.8 Å². The van der Waals surface area contributed by atoms with Crippen molar-refractivity contribution in [1.82, 2.24) is 19.2 Å². The first-order valence-corrected chi connectivity index (χ1v) is 14.4. The van der Waals surface area contributed by atoms with Crippen LogP contribution in [0.2, 0.25) is 0 Å². The first-order valence-electron chi connectivity index (χ1n) is 12.1. The predicted molar refractivity (Wildman–Crippen MR) is 142 cm³/mol. The third-order valence-electron chi connectivity index (χ3n) is 6.64. The van der Waals surface area contributed by atoms with Crippen molar-refractivity contribution in [2.45, 2.75) is 44.6 Å². The zero-order valence-corrected chi connectivity index (χ0v) is 23.1. The molecule has 1 aromatic carbocycles. The molecule has 0 bridgehead atoms. The Kier molecular flexibility index (Phi) is 8.20. The Labute approximate surface area is 220 Å². The predicted octanol–water partition coefficient (Wildman–Crippen LogP) is 2.56. The molecule has 0 spiro atoms. The van der Waals surface area contributed by atoms with Gasteiger partial charge in [0.05, 0.1) is 25.9 Å². The number of nitrogens with one attached hydrogen (secondary N) is 1. The van der Waals surface area contributed by atoms with E-state index in [4.69, 9.17) is 9.47 Å². The molecule has 0 saturated carbocycles. The number of ether oxygens (including phenoxy) is 2. The Morgan fingerprint density at radius 2 is 1.89 bits per heavy atom. The van der Waals surface area contributed by atoms with E-state index in [1.807, 2.05) is 12.1 Å². The first-order chi connectivity index (χ1) is 17.6. The molecule has 0 unspecified atom stereocenters. The SMILES string of the molecule is COc1ccc(CCNC(=O)Cn2cnc3sc(C)c(S(=O)(=O)N4CCC(C)CC4)c3c2=O)cc1OC. The zero-order chi connectivity index (χ0) is 26.7. The highest BCUT2D eigenvalue weighted by atomic mass is 32.2. The van der Waals surface area contributed by atoms with E-state index < -0.39 is 15.6 Å². The van der Waals surface area contributed by atoms with E-state index in [9.17, 15) is 18.0 Å². The van der Waals surface area contributed by atoms with Crippen molar-refractivity contribution in [2.75, 3.05) is 33.9 Å². The van der Waals surface area contributed by atoms with Crippen LogP contribution in [0.1, 0.15) is 30.2 Å². The monoisotopic (exact) mass is 548 g/mol. The number of aryl methyl sites for hydroxylation is 1. The van der Waals surface area contributed by atoms with Gasteiger partial charge >= 0.3 is 0 Å². The van der Waals surface area contributed by atoms with Gasteiger partial charge in [0.15, 0.2) is 11.5 Å². The summed E-state index contributed by atoms with van der Waals surface area (Å²) in [6.45, 7) is 4.74. The molecule has 4 rings (SSSR count). The smallest absolute Gasteiger partial charge is 0.263 e. The summed E-state index contributed by atoms with van der Waals surface area (Å²) in [5, 5.41) is 2.86. The second kappa shape index (κ2) is 11.2. The van der Waals surface area contributed by atoms with Gasteiger partial charge < -0.3 is 14.8 Å². The average molecular weight is 549 g/mol. The second-order valence-electron chi connectivity index (χ2n) is 9.22. The first kappa shape index (κ1) is 27.1. The van der Waals surface area contributed by atoms with Crippen molar-refractivity contribution in [3.05, 3.63) is 45.3 Å². The van der Waals surface area contributed by atoms with Gasteiger partial charge in [-0.25, -0.2) is 13.4 Å². The summed E-state index contributed by atoms with van der Waals surface area (Å²) in [7, 11) is -0.727. The maximum Gasteiger partial charge on any atom is 0.263 e. The minimum atomic E-state index is -3.85. The molecule has 37 heavy (non-hydrogen) atoms. The van der Waals surface area contributed by atoms with Crippen LogP contribution in [-0.2, 0) is 27.8 Å². The summed E-state index contributed by atoms with van der Waals surface area (Å²) >= 11 is 1.18. The van der Waals surface area contributed by atoms with Gasteiger partial charge in [0.2, 0.25) is 15.9 Å². The fourth-order valence-corrected chi connectivity index (χ4v) is 7.62. The van der Waals surface area contributed by atoms with Gasteiger partial charge in [-0.05, 0) is 49.8 Å². The number of fused-ring (bicyclic) bond motifs is 1. The van der Waals surface area contributed by atoms with Crippen molar-refractivity contribution < 1.29 is 22.7 Å². The molecule has 10 nitrogen and oxygen atoms in total. The number of piperidine rings is 1. The summed E-state index contributed by atoms with van der Waals surface area (Å²) in [6.07, 6.45) is 3.42. The number of aromatic nitrogens is 2. The number of carbonyl (C=O) groups is 1. The highest BCUT2D eigenvalue weighted by Crippen LogP contribution is 2.34. The molecular formula is C25H32N4O6S2. The van der Waals surface area contributed by atoms with E-state index in [1.54, 1.807) is 27.2 Å². The largest absolute Gasteiger partial charge is 0.493 e. The maximum atomic E-state index is 13.5. The van der Waals surface area contributed by atoms with E-state index >= 15 is 0 Å². The van der Waals surface area contributed by atoms with Gasteiger partial charge in [-0.15, -0.1) is 11.3 Å². The van der Waals surface area contributed by atoms with Crippen LogP contribution in [0.4, 0.5) is 0 Å². The Hall–Kier alpha value is -2.96. The van der Waals surface area contributed by atoms with Crippen LogP contribution >= 0.6 is 11.3 Å². The fourth-order valence-electron chi connectivity index (χ4n) is 4.48. The molecule has 1 N–H and O–H groups in total. The number of nitrogens with zero attached hydrogens (tertiary/aromatic N) is 3. The number of benzene rings is 1. The molecule has 1 fully saturated rings. The summed E-state index contributed by atoms with van der Waals surface area (Å²) in [5.41, 5.74) is 0.419. The van der Waals surface area contributed by atoms with Gasteiger partial charge in [-0.1, -0.05) is 13.0 Å². The summed E-state index contributed by atoms with van der Waals surface area (Å²) in [4.78, 5) is 31.2. The number of amides is 1. The van der Waals surface area contributed by atoms with Gasteiger partial charge in [0.1, 0.15) is 16.3 Å². The maximum absolute atomic E-state index is 13.5. The second-order valence-corrected chi connectivity index (χ2v) is 12.3. The Morgan fingerprint density at radius 3 is 2.57 bits per heavy atom. The highest BCUT2D eigenvalue weighted by Gasteiger charge is 2.33. The Balaban J connectivity index is 1.49. The van der Waals surface area contributed by atoms with Crippen LogP contribution in [0.15, 0.2) is 34.2 Å². The van der Waals surface area contributed by atoms with Crippen molar-refractivity contribution in [3.63, 3.8) is 0 Å². The highest BCUT2D eigenvalue weighted by molar-refractivity contribution is 7.89. The average Bonchev–Trinajstić information content (AvgIpc) is 3.23. The van der Waals surface area contributed by atoms with Crippen LogP contribution in [0.3, 0.4) is 0 Å². The minimum absolute atomic E-state index is 0.0164. The normalized spacial score (nSPS) is 15.1. The van der Waals surface area contributed by atoms with Crippen molar-refractivity contribution in [3.8, 4) is 11.5 Å². The number of methoxy groups -OCH3 is 2. The number of carbonyl (C=O) groups excluding carboxylic acids is 1. The quantitative estimate of drug-likeness (QED) is 0.436. The topological polar surface area (TPSA) is 120 Å². The van der Waals surface area contributed by atoms with Gasteiger partial charge in [0.25, 0.3) is 5.56 Å². The third-order valence-corrected chi connectivity index (χ3v) is 9.85. The van der Waals surface area contributed by atoms with Crippen molar-refractivity contribution >= 4 is 37.5 Å². The third kappa shape index (κ3) is 5.65. The summed E-state index contributed by atoms with van der Waals surface area (Å²) in [5.74, 6) is 1.33. The molecule has 12 heteroatoms. The van der Waals surface area contributed by atoms with Crippen molar-refractivity contribution in [1.29, 1.82) is 0 Å². The van der Waals surface area contributed by atoms with E-state index in [2.05, 4.69) is 17.2 Å². The van der Waals surface area contributed by atoms with E-state index in [0.717, 1.165) is 23.0 Å². The molecule has 1 aliphatic heterocycles. The van der Waals surface area contributed by atoms with E-state index in [1.165, 1.54) is 22.0 Å². The molecule has 2 aromatic heterocycles. The Bertz CT molecular complexity index is 1460. The minimum Gasteiger partial charge on any atom is -0.493 e. The van der Waals surface area contributed by atoms with Crippen LogP contribution in [0.25, 0.3) is 10.2 Å². The molecule has 0 aliphatic carbocycles. The van der Waals surface area contributed by atoms with Gasteiger partial charge in [0, 0.05) is 24.5 Å². The summed E-state index contributed by atoms with van der Waals surface area (Å²) in [6, 6.07) is 5.53. The molecule has 200 valence electrons. The molecule has 3 aromatic rings. The van der Waals surface area contributed by atoms with E-state index in [0.29, 0.717) is 53.2 Å². The number of thiophene rings is 1. The number of hydrogen-bond donors (Lipinski definition) is 1. The standard InChI is InChI=1S/C25H32N4O6S2/c1-16-8-11-29(12-9-16)37(32,33)23-17(2)36-24-22(23)25(31)28(15-27-24)14-21(30)26-10-7-18-5-6-19(34-3)20(13-18)35-4/h5-6,13,15-16H,7-12,14H2,1-4H3,(H,26,30). The van der Waals surface area contributed by atoms with Gasteiger partial charge in [-0.2, -0.15) is 4.31 Å². The molecular weight excluding hydrogens is 516 g/mol. The Morgan fingerprint density at radius 1 is 1.19 bits per heavy atom. The number of hydrogen-bond acceptors (Lipinski definition) is 8. The van der Waals surface area contributed by atoms with Crippen LogP contribution in [0.5, 0.6) is 11.5 Å². The fraction of sp³-hybridized carbons (Fsp3) is 0.480. The molecule has 1 saturated heterocycles. The molecule has 0 radical (unpaired) electrons. The number of sulfonamides is 1. The van der Waals surface area contributed by atoms with Crippen LogP contribution in [-0.4, -0.2) is 62.0 Å². The lowest BCUT2D eigenvalue weighted by molar-refractivity contribution is -0.121. The molecule has 0 atom stereocenters. The lowest BCUT2D eigenvalue weighted by Gasteiger charge is -2.29. The lowest BCUT2D eigenvalue weighted by Crippen LogP contribution is -2.38. The lowest BCUT2D eigenvalue weighted by atomic mass is 10.0. The number of rotatable bonds is 9. The molecule has 1 amide bonds. The van der Waals surface area contributed by atoms with Crippen molar-refractivity contribution in [2.24, 2.45) is 5.92 Å². The van der Waals surface area contributed by atoms with Crippen LogP contribution < -0.4 is 20.3 Å². The van der Waals surface area contributed by atoms with Gasteiger partial charge in [-0.3, -0.25) is 14.2 Å².